The fourth-order valence-corrected chi connectivity index (χ4v) is 17.5. The third-order valence-electron chi connectivity index (χ3n) is 24.9. The first kappa shape index (κ1) is 87.5. The zero-order chi connectivity index (χ0) is 97.7. The van der Waals surface area contributed by atoms with Gasteiger partial charge in [-0.1, -0.05) is 176 Å². The molecule has 0 radical (unpaired) electrons. The lowest BCUT2D eigenvalue weighted by Crippen LogP contribution is -2.02. The summed E-state index contributed by atoms with van der Waals surface area (Å²) in [4.78, 5) is 98.7. The molecular formula is C120H75N27. The van der Waals surface area contributed by atoms with Crippen LogP contribution in [-0.4, -0.2) is 134 Å². The topological polar surface area (TPSA) is 323 Å². The van der Waals surface area contributed by atoms with Gasteiger partial charge in [0.25, 0.3) is 0 Å². The minimum atomic E-state index is 0.438. The first-order valence-electron chi connectivity index (χ1n) is 47.2. The maximum atomic E-state index is 4.98. The number of fused-ring (bicyclic) bond motifs is 9. The van der Waals surface area contributed by atoms with E-state index in [1.54, 1.807) is 62.0 Å². The van der Waals surface area contributed by atoms with Crippen LogP contribution in [0, 0.1) is 0 Å². The van der Waals surface area contributed by atoms with Crippen molar-refractivity contribution in [3.05, 3.63) is 457 Å². The molecule has 0 N–H and O–H groups in total. The van der Waals surface area contributed by atoms with E-state index in [0.29, 0.717) is 75.2 Å². The van der Waals surface area contributed by atoms with Crippen LogP contribution in [0.3, 0.4) is 0 Å². The molecule has 27 nitrogen and oxygen atoms in total. The number of para-hydroxylation sites is 3. The Morgan fingerprint density at radius 1 is 0.136 bits per heavy atom. The molecule has 0 aliphatic heterocycles. The summed E-state index contributed by atoms with van der Waals surface area (Å²) in [6, 6.07) is 122. The van der Waals surface area contributed by atoms with Gasteiger partial charge in [0.15, 0.2) is 52.4 Å². The van der Waals surface area contributed by atoms with Crippen molar-refractivity contribution in [1.82, 2.24) is 134 Å². The Labute approximate surface area is 838 Å². The lowest BCUT2D eigenvalue weighted by Gasteiger charge is -2.09. The van der Waals surface area contributed by atoms with Crippen molar-refractivity contribution in [3.63, 3.8) is 0 Å². The van der Waals surface area contributed by atoms with E-state index >= 15 is 0 Å². The van der Waals surface area contributed by atoms with Crippen LogP contribution in [0.25, 0.3) is 254 Å². The molecule has 6 aromatic carbocycles. The van der Waals surface area contributed by atoms with Gasteiger partial charge >= 0.3 is 0 Å². The molecule has 27 heteroatoms. The summed E-state index contributed by atoms with van der Waals surface area (Å²) < 4.78 is 5.95. The van der Waals surface area contributed by atoms with Crippen molar-refractivity contribution in [2.24, 2.45) is 0 Å². The molecule has 0 bridgehead atoms. The number of aromatic nitrogens is 27. The molecule has 0 spiro atoms. The molecule has 0 amide bonds. The van der Waals surface area contributed by atoms with Gasteiger partial charge in [-0.2, -0.15) is 15.3 Å². The van der Waals surface area contributed by atoms with Gasteiger partial charge < -0.3 is 0 Å². The van der Waals surface area contributed by atoms with Crippen molar-refractivity contribution in [2.75, 3.05) is 0 Å². The van der Waals surface area contributed by atoms with E-state index in [1.807, 2.05) is 293 Å². The zero-order valence-electron chi connectivity index (χ0n) is 77.9. The van der Waals surface area contributed by atoms with Crippen molar-refractivity contribution in [1.29, 1.82) is 0 Å². The van der Waals surface area contributed by atoms with Crippen LogP contribution in [0.1, 0.15) is 0 Å². The summed E-state index contributed by atoms with van der Waals surface area (Å²) in [5, 5.41) is 18.3. The molecule has 21 heterocycles. The lowest BCUT2D eigenvalue weighted by molar-refractivity contribution is 1.01. The average Bonchev–Trinajstić information content (AvgIpc) is 1.67. The quantitative estimate of drug-likeness (QED) is 0.0770. The Bertz CT molecular complexity index is 8320. The van der Waals surface area contributed by atoms with E-state index < -0.39 is 0 Å². The zero-order valence-corrected chi connectivity index (χ0v) is 77.9. The molecule has 27 rings (SSSR count). The van der Waals surface area contributed by atoms with Crippen molar-refractivity contribution < 1.29 is 0 Å². The molecule has 147 heavy (non-hydrogen) atoms. The van der Waals surface area contributed by atoms with Crippen LogP contribution in [0.4, 0.5) is 0 Å². The van der Waals surface area contributed by atoms with Crippen molar-refractivity contribution in [3.8, 4) is 204 Å². The highest BCUT2D eigenvalue weighted by atomic mass is 15.2. The highest BCUT2D eigenvalue weighted by molar-refractivity contribution is 5.88. The third-order valence-corrected chi connectivity index (χ3v) is 24.9. The van der Waals surface area contributed by atoms with Crippen LogP contribution in [0.5, 0.6) is 0 Å². The predicted molar refractivity (Wildman–Crippen MR) is 570 cm³/mol. The van der Waals surface area contributed by atoms with Crippen molar-refractivity contribution in [2.45, 2.75) is 0 Å². The molecule has 0 saturated heterocycles. The van der Waals surface area contributed by atoms with Gasteiger partial charge in [0.2, 0.25) is 0 Å². The summed E-state index contributed by atoms with van der Waals surface area (Å²) in [5.41, 5.74) is 28.5. The van der Waals surface area contributed by atoms with Crippen LogP contribution in [0.2, 0.25) is 0 Å². The fraction of sp³-hybridized carbons (Fsp3) is 0. The largest absolute Gasteiger partial charge is 0.264 e. The molecule has 0 saturated carbocycles. The summed E-state index contributed by atoms with van der Waals surface area (Å²) in [6.07, 6.45) is 24.9. The van der Waals surface area contributed by atoms with E-state index in [9.17, 15) is 0 Å². The summed E-state index contributed by atoms with van der Waals surface area (Å²) in [5.74, 6) is 4.30. The Balaban J connectivity index is 0.000000115. The lowest BCUT2D eigenvalue weighted by atomic mass is 10.1. The fourth-order valence-electron chi connectivity index (χ4n) is 17.5. The monoisotopic (exact) mass is 1890 g/mol. The van der Waals surface area contributed by atoms with Gasteiger partial charge in [0.05, 0.1) is 84.3 Å². The first-order chi connectivity index (χ1) is 72.7. The number of benzene rings is 6. The smallest absolute Gasteiger partial charge is 0.182 e. The standard InChI is InChI=1S/3C40H25N9/c1-2-11-37-26(6-1)12-15-33-21-36(48-49(33)37)27-7-3-8-28(20-27)38-45-39(34-16-13-31(24-43-34)29-9-4-18-41-22-29)47-40(46-38)35-17-14-32(25-44-35)30-10-5-19-42-23-30;1-2-13-37-26(8-1)14-17-31-23-36(48-49(31)37)27-9-7-10-28(22-27)38-45-39(29-15-18-34(43-24-29)32-11-3-5-20-41-32)47-40(46-38)30-16-19-35(44-25-30)33-12-4-6-21-42-33;1-2-13-37-26(8-1)14-17-31-23-36(48-49(31)37)27-9-7-10-28(22-27)38-45-39(34-18-15-29(24-43-34)32-11-3-5-20-41-32)47-40(46-38)35-19-16-30(25-44-35)33-12-4-6-21-42-33/h3*1-25H. The molecule has 690 valence electrons. The molecule has 0 aliphatic rings. The minimum absolute atomic E-state index is 0.438. The highest BCUT2D eigenvalue weighted by Gasteiger charge is 2.23. The number of hydrogen-bond donors (Lipinski definition) is 0. The second-order valence-corrected chi connectivity index (χ2v) is 34.4. The van der Waals surface area contributed by atoms with E-state index in [2.05, 4.69) is 155 Å². The van der Waals surface area contributed by atoms with Crippen molar-refractivity contribution >= 4 is 49.3 Å². The van der Waals surface area contributed by atoms with Crippen LogP contribution < -0.4 is 0 Å². The Hall–Kier alpha value is -21.0. The minimum Gasteiger partial charge on any atom is -0.264 e. The molecule has 0 atom stereocenters. The van der Waals surface area contributed by atoms with Gasteiger partial charge in [0, 0.05) is 181 Å². The van der Waals surface area contributed by atoms with Gasteiger partial charge in [-0.25, -0.2) is 58.4 Å². The summed E-state index contributed by atoms with van der Waals surface area (Å²) in [7, 11) is 0. The van der Waals surface area contributed by atoms with E-state index in [-0.39, 0.29) is 0 Å². The number of rotatable bonds is 18. The molecular weight excluding hydrogens is 1820 g/mol. The van der Waals surface area contributed by atoms with Gasteiger partial charge in [-0.15, -0.1) is 0 Å². The maximum Gasteiger partial charge on any atom is 0.182 e. The number of hydrogen-bond acceptors (Lipinski definition) is 24. The normalized spacial score (nSPS) is 11.3. The average molecular weight is 1900 g/mol. The molecule has 0 aliphatic carbocycles. The van der Waals surface area contributed by atoms with E-state index in [1.165, 1.54) is 0 Å². The van der Waals surface area contributed by atoms with Gasteiger partial charge in [0.1, 0.15) is 22.8 Å². The summed E-state index contributed by atoms with van der Waals surface area (Å²) in [6.45, 7) is 0. The van der Waals surface area contributed by atoms with Gasteiger partial charge in [-0.05, 0) is 194 Å². The second-order valence-electron chi connectivity index (χ2n) is 34.4. The Kier molecular flexibility index (Phi) is 23.2. The first-order valence-corrected chi connectivity index (χ1v) is 47.2. The van der Waals surface area contributed by atoms with Crippen LogP contribution in [-0.2, 0) is 0 Å². The van der Waals surface area contributed by atoms with Crippen LogP contribution >= 0.6 is 0 Å². The molecule has 0 unspecified atom stereocenters. The number of nitrogens with zero attached hydrogens (tertiary/aromatic N) is 27. The Morgan fingerprint density at radius 2 is 0.395 bits per heavy atom. The highest BCUT2D eigenvalue weighted by Crippen LogP contribution is 2.37. The third kappa shape index (κ3) is 18.4. The second kappa shape index (κ2) is 39.0. The van der Waals surface area contributed by atoms with E-state index in [4.69, 9.17) is 80.1 Å². The van der Waals surface area contributed by atoms with Gasteiger partial charge in [-0.3, -0.25) is 59.8 Å². The molecule has 27 aromatic rings. The molecule has 0 fully saturated rings. The summed E-state index contributed by atoms with van der Waals surface area (Å²) >= 11 is 0. The predicted octanol–water partition coefficient (Wildman–Crippen LogP) is 24.8. The Morgan fingerprint density at radius 3 is 0.701 bits per heavy atom. The van der Waals surface area contributed by atoms with E-state index in [0.717, 1.165) is 178 Å². The maximum absolute atomic E-state index is 4.98. The number of pyridine rings is 15. The SMILES string of the molecule is c1ccc(-c2ccc(-c3nc(-c4ccc(-c5ccccn5)nc4)nc(-c4cccc(-c5cc6ccc7ccccc7n6n5)c4)n3)cn2)nc1.c1ccc(-c2ccc(-c3nc(-c4cccc(-c5cc6ccc7ccccc7n6n5)c4)nc(-c4ccc(-c5ccccn5)cn4)n3)nc2)nc1.c1cncc(-c2ccc(-c3nc(-c4cccc(-c5cc6ccc7ccccc7n6n5)c4)nc(-c4ccc(-c5cccnc5)cn4)n3)nc2)c1. The van der Waals surface area contributed by atoms with Crippen LogP contribution in [0.15, 0.2) is 457 Å². The molecule has 21 aromatic heterocycles.